The summed E-state index contributed by atoms with van der Waals surface area (Å²) in [6.07, 6.45) is 2.26. The number of nitrogens with one attached hydrogen (secondary N) is 2. The van der Waals surface area contributed by atoms with Crippen LogP contribution in [0.15, 0.2) is 94.7 Å². The van der Waals surface area contributed by atoms with E-state index < -0.39 is 20.0 Å². The van der Waals surface area contributed by atoms with Crippen molar-refractivity contribution in [2.75, 3.05) is 6.54 Å². The molecule has 3 aromatic rings. The third-order valence-corrected chi connectivity index (χ3v) is 8.49. The van der Waals surface area contributed by atoms with Gasteiger partial charge in [-0.1, -0.05) is 60.7 Å². The molecule has 0 atom stereocenters. The summed E-state index contributed by atoms with van der Waals surface area (Å²) in [6.45, 7) is 0.250. The highest BCUT2D eigenvalue weighted by atomic mass is 32.2. The van der Waals surface area contributed by atoms with Crippen LogP contribution in [-0.2, 0) is 20.0 Å². The van der Waals surface area contributed by atoms with Crippen molar-refractivity contribution in [2.45, 2.75) is 41.0 Å². The average molecular weight is 471 g/mol. The number of hydrogen-bond donors (Lipinski definition) is 2. The molecule has 6 nitrogen and oxygen atoms in total. The summed E-state index contributed by atoms with van der Waals surface area (Å²) in [5.41, 5.74) is 2.24. The Balaban J connectivity index is 1.44. The second-order valence-electron chi connectivity index (χ2n) is 7.93. The van der Waals surface area contributed by atoms with Crippen LogP contribution in [0.5, 0.6) is 0 Å². The third-order valence-electron chi connectivity index (χ3n) is 5.47. The Labute approximate surface area is 189 Å². The molecule has 0 spiro atoms. The lowest BCUT2D eigenvalue weighted by Crippen LogP contribution is -2.27. The van der Waals surface area contributed by atoms with E-state index in [1.165, 1.54) is 24.3 Å². The lowest BCUT2D eigenvalue weighted by atomic mass is 9.89. The van der Waals surface area contributed by atoms with Gasteiger partial charge in [-0.15, -0.1) is 0 Å². The molecular formula is C24H26N2O4S2. The van der Waals surface area contributed by atoms with Crippen molar-refractivity contribution < 1.29 is 16.8 Å². The molecule has 0 unspecified atom stereocenters. The normalized spacial score (nSPS) is 14.5. The minimum atomic E-state index is -3.76. The van der Waals surface area contributed by atoms with Gasteiger partial charge in [0, 0.05) is 18.5 Å². The first-order valence-corrected chi connectivity index (χ1v) is 13.5. The zero-order valence-corrected chi connectivity index (χ0v) is 19.1. The number of hydrogen-bond acceptors (Lipinski definition) is 4. The molecule has 0 saturated heterocycles. The van der Waals surface area contributed by atoms with Crippen molar-refractivity contribution in [1.29, 1.82) is 0 Å². The van der Waals surface area contributed by atoms with Crippen LogP contribution in [0.1, 0.15) is 36.3 Å². The molecule has 2 N–H and O–H groups in total. The molecule has 3 aromatic carbocycles. The van der Waals surface area contributed by atoms with E-state index in [1.54, 1.807) is 0 Å². The molecule has 32 heavy (non-hydrogen) atoms. The predicted molar refractivity (Wildman–Crippen MR) is 124 cm³/mol. The van der Waals surface area contributed by atoms with Gasteiger partial charge in [0.2, 0.25) is 20.0 Å². The Morgan fingerprint density at radius 2 is 1.16 bits per heavy atom. The van der Waals surface area contributed by atoms with Crippen LogP contribution in [0, 0.1) is 0 Å². The standard InChI is InChI=1S/C24H26N2O4S2/c27-31(28,22-13-15-23(16-14-22)32(29,30)26-21-11-12-21)25-18-17-24(19-7-3-1-4-8-19)20-9-5-2-6-10-20/h1-10,13-16,21,24-26H,11-12,17-18H2. The molecule has 1 saturated carbocycles. The van der Waals surface area contributed by atoms with Gasteiger partial charge >= 0.3 is 0 Å². The Hall–Kier alpha value is -2.52. The lowest BCUT2D eigenvalue weighted by Gasteiger charge is -2.18. The van der Waals surface area contributed by atoms with Gasteiger partial charge in [0.15, 0.2) is 0 Å². The van der Waals surface area contributed by atoms with Crippen LogP contribution in [0.25, 0.3) is 0 Å². The molecule has 1 aliphatic rings. The van der Waals surface area contributed by atoms with Crippen molar-refractivity contribution in [3.8, 4) is 0 Å². The largest absolute Gasteiger partial charge is 0.240 e. The van der Waals surface area contributed by atoms with E-state index in [9.17, 15) is 16.8 Å². The molecule has 0 bridgehead atoms. The second-order valence-corrected chi connectivity index (χ2v) is 11.4. The zero-order chi connectivity index (χ0) is 22.6. The Morgan fingerprint density at radius 1 is 0.688 bits per heavy atom. The molecule has 0 amide bonds. The van der Waals surface area contributed by atoms with Gasteiger partial charge in [-0.05, 0) is 54.7 Å². The predicted octanol–water partition coefficient (Wildman–Crippen LogP) is 3.63. The SMILES string of the molecule is O=S(=O)(NCCC(c1ccccc1)c1ccccc1)c1ccc(S(=O)(=O)NC2CC2)cc1. The monoisotopic (exact) mass is 470 g/mol. The molecule has 0 radical (unpaired) electrons. The highest BCUT2D eigenvalue weighted by molar-refractivity contribution is 7.90. The van der Waals surface area contributed by atoms with Crippen molar-refractivity contribution in [2.24, 2.45) is 0 Å². The lowest BCUT2D eigenvalue weighted by molar-refractivity contribution is 0.573. The molecule has 0 heterocycles. The van der Waals surface area contributed by atoms with Crippen LogP contribution in [0.3, 0.4) is 0 Å². The summed E-state index contributed by atoms with van der Waals surface area (Å²) < 4.78 is 55.3. The van der Waals surface area contributed by atoms with Gasteiger partial charge in [-0.25, -0.2) is 26.3 Å². The first-order chi connectivity index (χ1) is 15.4. The Morgan fingerprint density at radius 3 is 1.62 bits per heavy atom. The van der Waals surface area contributed by atoms with E-state index in [2.05, 4.69) is 9.44 Å². The summed E-state index contributed by atoms with van der Waals surface area (Å²) in [4.78, 5) is 0.107. The molecule has 168 valence electrons. The fourth-order valence-corrected chi connectivity index (χ4v) is 5.96. The zero-order valence-electron chi connectivity index (χ0n) is 17.5. The maximum absolute atomic E-state index is 12.8. The smallest absolute Gasteiger partial charge is 0.211 e. The first kappa shape index (κ1) is 22.7. The van der Waals surface area contributed by atoms with Gasteiger partial charge < -0.3 is 0 Å². The Kier molecular flexibility index (Phi) is 6.76. The van der Waals surface area contributed by atoms with Crippen LogP contribution in [-0.4, -0.2) is 29.4 Å². The van der Waals surface area contributed by atoms with E-state index in [4.69, 9.17) is 0 Å². The van der Waals surface area contributed by atoms with Crippen LogP contribution in [0.4, 0.5) is 0 Å². The summed E-state index contributed by atoms with van der Waals surface area (Å²) in [5, 5.41) is 0. The third kappa shape index (κ3) is 5.63. The molecular weight excluding hydrogens is 444 g/mol. The first-order valence-electron chi connectivity index (χ1n) is 10.6. The highest BCUT2D eigenvalue weighted by Crippen LogP contribution is 2.28. The number of rotatable bonds is 10. The van der Waals surface area contributed by atoms with Crippen molar-refractivity contribution in [1.82, 2.24) is 9.44 Å². The van der Waals surface area contributed by atoms with E-state index in [0.29, 0.717) is 6.42 Å². The fourth-order valence-electron chi connectivity index (χ4n) is 3.60. The molecule has 0 aromatic heterocycles. The molecule has 8 heteroatoms. The van der Waals surface area contributed by atoms with Crippen LogP contribution < -0.4 is 9.44 Å². The van der Waals surface area contributed by atoms with Crippen molar-refractivity contribution in [3.05, 3.63) is 96.1 Å². The molecule has 0 aliphatic heterocycles. The van der Waals surface area contributed by atoms with Gasteiger partial charge in [-0.3, -0.25) is 0 Å². The van der Waals surface area contributed by atoms with Crippen molar-refractivity contribution >= 4 is 20.0 Å². The van der Waals surface area contributed by atoms with Gasteiger partial charge in [0.05, 0.1) is 9.79 Å². The van der Waals surface area contributed by atoms with Gasteiger partial charge in [0.25, 0.3) is 0 Å². The minimum Gasteiger partial charge on any atom is -0.211 e. The van der Waals surface area contributed by atoms with E-state index in [1.807, 2.05) is 60.7 Å². The fraction of sp³-hybridized carbons (Fsp3) is 0.250. The van der Waals surface area contributed by atoms with Gasteiger partial charge in [0.1, 0.15) is 0 Å². The second kappa shape index (κ2) is 9.54. The van der Waals surface area contributed by atoms with E-state index in [-0.39, 0.29) is 28.3 Å². The maximum Gasteiger partial charge on any atom is 0.240 e. The number of sulfonamides is 2. The van der Waals surface area contributed by atoms with Crippen LogP contribution in [0.2, 0.25) is 0 Å². The topological polar surface area (TPSA) is 92.3 Å². The number of benzene rings is 3. The Bertz CT molecular complexity index is 1200. The van der Waals surface area contributed by atoms with Crippen molar-refractivity contribution in [3.63, 3.8) is 0 Å². The van der Waals surface area contributed by atoms with E-state index in [0.717, 1.165) is 24.0 Å². The molecule has 1 fully saturated rings. The summed E-state index contributed by atoms with van der Waals surface area (Å²) >= 11 is 0. The summed E-state index contributed by atoms with van der Waals surface area (Å²) in [6, 6.07) is 25.3. The quantitative estimate of drug-likeness (QED) is 0.473. The minimum absolute atomic E-state index is 0.00718. The van der Waals surface area contributed by atoms with E-state index >= 15 is 0 Å². The highest BCUT2D eigenvalue weighted by Gasteiger charge is 2.28. The summed E-state index contributed by atoms with van der Waals surface area (Å²) in [7, 11) is -7.37. The molecule has 4 rings (SSSR count). The average Bonchev–Trinajstić information content (AvgIpc) is 3.61. The van der Waals surface area contributed by atoms with Gasteiger partial charge in [-0.2, -0.15) is 0 Å². The summed E-state index contributed by atoms with van der Waals surface area (Å²) in [5.74, 6) is 0.0566. The molecule has 1 aliphatic carbocycles. The maximum atomic E-state index is 12.8. The van der Waals surface area contributed by atoms with Crippen LogP contribution >= 0.6 is 0 Å².